The Morgan fingerprint density at radius 2 is 1.86 bits per heavy atom. The predicted molar refractivity (Wildman–Crippen MR) is 77.4 cm³/mol. The van der Waals surface area contributed by atoms with Gasteiger partial charge in [-0.05, 0) is 18.9 Å². The first kappa shape index (κ1) is 16.5. The summed E-state index contributed by atoms with van der Waals surface area (Å²) in [5, 5.41) is 10.7. The van der Waals surface area contributed by atoms with E-state index in [1.54, 1.807) is 17.8 Å². The van der Waals surface area contributed by atoms with Gasteiger partial charge in [-0.15, -0.1) is 13.2 Å². The first-order chi connectivity index (χ1) is 9.96. The molecule has 0 spiro atoms. The fourth-order valence-electron chi connectivity index (χ4n) is 2.52. The van der Waals surface area contributed by atoms with Gasteiger partial charge in [-0.3, -0.25) is 0 Å². The maximum atomic E-state index is 12.4. The normalized spacial score (nSPS) is 18.5. The number of alkyl halides is 3. The summed E-state index contributed by atoms with van der Waals surface area (Å²) < 4.78 is 41.0. The SMILES string of the molecule is OC(CSC1CCCCC1)c1ccccc1OC(F)(F)F. The standard InChI is InChI=1S/C15H19F3O2S/c16-15(17,18)20-14-9-5-4-8-12(14)13(19)10-21-11-6-2-1-3-7-11/h4-5,8-9,11,13,19H,1-3,6-7,10H2. The molecule has 1 aliphatic carbocycles. The van der Waals surface area contributed by atoms with E-state index in [0.717, 1.165) is 12.8 Å². The number of ether oxygens (including phenoxy) is 1. The zero-order chi connectivity index (χ0) is 15.3. The Balaban J connectivity index is 1.96. The average Bonchev–Trinajstić information content (AvgIpc) is 2.45. The molecule has 1 N–H and O–H groups in total. The van der Waals surface area contributed by atoms with Crippen molar-refractivity contribution in [3.8, 4) is 5.75 Å². The molecular formula is C15H19F3O2S. The first-order valence-electron chi connectivity index (χ1n) is 7.10. The van der Waals surface area contributed by atoms with Crippen LogP contribution in [0.5, 0.6) is 5.75 Å². The molecule has 1 fully saturated rings. The van der Waals surface area contributed by atoms with Gasteiger partial charge in [0, 0.05) is 16.6 Å². The second kappa shape index (κ2) is 7.40. The summed E-state index contributed by atoms with van der Waals surface area (Å²) >= 11 is 1.64. The van der Waals surface area contributed by atoms with Crippen LogP contribution in [0.15, 0.2) is 24.3 Å². The van der Waals surface area contributed by atoms with E-state index in [0.29, 0.717) is 11.0 Å². The zero-order valence-electron chi connectivity index (χ0n) is 11.6. The van der Waals surface area contributed by atoms with Gasteiger partial charge in [-0.2, -0.15) is 11.8 Å². The van der Waals surface area contributed by atoms with Crippen LogP contribution in [-0.4, -0.2) is 22.5 Å². The van der Waals surface area contributed by atoms with Crippen molar-refractivity contribution in [3.05, 3.63) is 29.8 Å². The number of thioether (sulfide) groups is 1. The van der Waals surface area contributed by atoms with Gasteiger partial charge < -0.3 is 9.84 Å². The van der Waals surface area contributed by atoms with E-state index < -0.39 is 12.5 Å². The highest BCUT2D eigenvalue weighted by Crippen LogP contribution is 2.35. The van der Waals surface area contributed by atoms with Crippen molar-refractivity contribution in [2.24, 2.45) is 0 Å². The predicted octanol–water partition coefficient (Wildman–Crippen LogP) is 4.68. The van der Waals surface area contributed by atoms with E-state index >= 15 is 0 Å². The molecule has 1 unspecified atom stereocenters. The molecular weight excluding hydrogens is 301 g/mol. The molecule has 1 saturated carbocycles. The molecule has 6 heteroatoms. The Labute approximate surface area is 126 Å². The molecule has 1 atom stereocenters. The van der Waals surface area contributed by atoms with Gasteiger partial charge in [0.25, 0.3) is 0 Å². The van der Waals surface area contributed by atoms with Crippen LogP contribution in [0, 0.1) is 0 Å². The molecule has 21 heavy (non-hydrogen) atoms. The summed E-state index contributed by atoms with van der Waals surface area (Å²) in [6.45, 7) is 0. The lowest BCUT2D eigenvalue weighted by molar-refractivity contribution is -0.275. The number of aliphatic hydroxyl groups is 1. The van der Waals surface area contributed by atoms with Gasteiger partial charge in [0.1, 0.15) is 5.75 Å². The van der Waals surface area contributed by atoms with Crippen molar-refractivity contribution in [2.75, 3.05) is 5.75 Å². The number of rotatable bonds is 5. The second-order valence-corrected chi connectivity index (χ2v) is 6.53. The fraction of sp³-hybridized carbons (Fsp3) is 0.600. The molecule has 1 aliphatic rings. The number of halogens is 3. The summed E-state index contributed by atoms with van der Waals surface area (Å²) in [5.41, 5.74) is 0.193. The molecule has 1 aromatic rings. The van der Waals surface area contributed by atoms with Crippen LogP contribution in [0.1, 0.15) is 43.8 Å². The number of para-hydroxylation sites is 1. The molecule has 0 heterocycles. The minimum Gasteiger partial charge on any atom is -0.405 e. The minimum absolute atomic E-state index is 0.193. The van der Waals surface area contributed by atoms with E-state index in [1.165, 1.54) is 37.5 Å². The highest BCUT2D eigenvalue weighted by atomic mass is 32.2. The Kier molecular flexibility index (Phi) is 5.81. The van der Waals surface area contributed by atoms with E-state index in [4.69, 9.17) is 0 Å². The molecule has 1 aromatic carbocycles. The number of benzene rings is 1. The Hall–Kier alpha value is -0.880. The Morgan fingerprint density at radius 3 is 2.52 bits per heavy atom. The van der Waals surface area contributed by atoms with Crippen molar-refractivity contribution >= 4 is 11.8 Å². The van der Waals surface area contributed by atoms with Crippen molar-refractivity contribution in [3.63, 3.8) is 0 Å². The lowest BCUT2D eigenvalue weighted by Gasteiger charge is -2.23. The topological polar surface area (TPSA) is 29.5 Å². The van der Waals surface area contributed by atoms with Crippen LogP contribution in [0.25, 0.3) is 0 Å². The highest BCUT2D eigenvalue weighted by Gasteiger charge is 2.32. The molecule has 0 aliphatic heterocycles. The van der Waals surface area contributed by atoms with Crippen LogP contribution < -0.4 is 4.74 Å². The molecule has 0 amide bonds. The van der Waals surface area contributed by atoms with Gasteiger partial charge >= 0.3 is 6.36 Å². The lowest BCUT2D eigenvalue weighted by atomic mass is 10.0. The Bertz CT molecular complexity index is 445. The molecule has 0 radical (unpaired) electrons. The third kappa shape index (κ3) is 5.43. The van der Waals surface area contributed by atoms with Crippen LogP contribution >= 0.6 is 11.8 Å². The van der Waals surface area contributed by atoms with E-state index in [-0.39, 0.29) is 11.3 Å². The molecule has 0 aromatic heterocycles. The smallest absolute Gasteiger partial charge is 0.405 e. The summed E-state index contributed by atoms with van der Waals surface area (Å²) in [5.74, 6) is 0.0739. The Morgan fingerprint density at radius 1 is 1.19 bits per heavy atom. The van der Waals surface area contributed by atoms with Crippen LogP contribution in [0.2, 0.25) is 0 Å². The van der Waals surface area contributed by atoms with Gasteiger partial charge in [-0.1, -0.05) is 37.5 Å². The van der Waals surface area contributed by atoms with E-state index in [1.807, 2.05) is 0 Å². The minimum atomic E-state index is -4.74. The average molecular weight is 320 g/mol. The van der Waals surface area contributed by atoms with Crippen molar-refractivity contribution in [1.82, 2.24) is 0 Å². The number of hydrogen-bond acceptors (Lipinski definition) is 3. The van der Waals surface area contributed by atoms with Crippen molar-refractivity contribution in [2.45, 2.75) is 49.8 Å². The maximum absolute atomic E-state index is 12.4. The second-order valence-electron chi connectivity index (χ2n) is 5.19. The summed E-state index contributed by atoms with van der Waals surface area (Å²) in [7, 11) is 0. The third-order valence-corrected chi connectivity index (χ3v) is 5.00. The first-order valence-corrected chi connectivity index (χ1v) is 8.15. The lowest BCUT2D eigenvalue weighted by Crippen LogP contribution is -2.19. The van der Waals surface area contributed by atoms with Crippen molar-refractivity contribution in [1.29, 1.82) is 0 Å². The fourth-order valence-corrected chi connectivity index (χ4v) is 3.82. The summed E-state index contributed by atoms with van der Waals surface area (Å²) in [4.78, 5) is 0. The number of aliphatic hydroxyl groups excluding tert-OH is 1. The molecule has 0 bridgehead atoms. The van der Waals surface area contributed by atoms with Crippen LogP contribution in [0.4, 0.5) is 13.2 Å². The molecule has 2 nitrogen and oxygen atoms in total. The van der Waals surface area contributed by atoms with E-state index in [2.05, 4.69) is 4.74 Å². The van der Waals surface area contributed by atoms with Crippen LogP contribution in [-0.2, 0) is 0 Å². The molecule has 118 valence electrons. The molecule has 0 saturated heterocycles. The quantitative estimate of drug-likeness (QED) is 0.854. The summed E-state index contributed by atoms with van der Waals surface area (Å²) in [6, 6.07) is 5.78. The maximum Gasteiger partial charge on any atom is 0.573 e. The highest BCUT2D eigenvalue weighted by molar-refractivity contribution is 7.99. The number of hydrogen-bond donors (Lipinski definition) is 1. The van der Waals surface area contributed by atoms with Gasteiger partial charge in [0.2, 0.25) is 0 Å². The van der Waals surface area contributed by atoms with Crippen LogP contribution in [0.3, 0.4) is 0 Å². The molecule has 2 rings (SSSR count). The van der Waals surface area contributed by atoms with Gasteiger partial charge in [-0.25, -0.2) is 0 Å². The monoisotopic (exact) mass is 320 g/mol. The van der Waals surface area contributed by atoms with Crippen molar-refractivity contribution < 1.29 is 23.0 Å². The largest absolute Gasteiger partial charge is 0.573 e. The zero-order valence-corrected chi connectivity index (χ0v) is 12.4. The summed E-state index contributed by atoms with van der Waals surface area (Å²) in [6.07, 6.45) is 0.198. The third-order valence-electron chi connectivity index (χ3n) is 3.55. The van der Waals surface area contributed by atoms with Gasteiger partial charge in [0.15, 0.2) is 0 Å². The van der Waals surface area contributed by atoms with Gasteiger partial charge in [0.05, 0.1) is 6.10 Å². The van der Waals surface area contributed by atoms with E-state index in [9.17, 15) is 18.3 Å².